The van der Waals surface area contributed by atoms with Crippen LogP contribution < -0.4 is 10.6 Å². The molecule has 2 N–H and O–H groups in total. The molecule has 0 bridgehead atoms. The summed E-state index contributed by atoms with van der Waals surface area (Å²) in [7, 11) is 0. The van der Waals surface area contributed by atoms with Crippen molar-refractivity contribution in [1.29, 1.82) is 0 Å². The number of carbonyl (C=O) groups is 1. The van der Waals surface area contributed by atoms with E-state index in [1.165, 1.54) is 23.1 Å². The van der Waals surface area contributed by atoms with Crippen LogP contribution >= 0.6 is 11.6 Å². The highest BCUT2D eigenvalue weighted by molar-refractivity contribution is 6.33. The summed E-state index contributed by atoms with van der Waals surface area (Å²) in [5.41, 5.74) is 6.04. The quantitative estimate of drug-likeness (QED) is 0.793. The van der Waals surface area contributed by atoms with Crippen molar-refractivity contribution in [2.45, 2.75) is 12.5 Å². The smallest absolute Gasteiger partial charge is 0.228 e. The van der Waals surface area contributed by atoms with Gasteiger partial charge in [0.1, 0.15) is 5.82 Å². The van der Waals surface area contributed by atoms with Gasteiger partial charge in [0.15, 0.2) is 0 Å². The molecule has 1 aromatic rings. The van der Waals surface area contributed by atoms with Crippen LogP contribution in [0.25, 0.3) is 0 Å². The number of rotatable bonds is 1. The molecular formula is C10H10ClFN2O. The first-order valence-corrected chi connectivity index (χ1v) is 4.96. The molecule has 1 aliphatic heterocycles. The van der Waals surface area contributed by atoms with Gasteiger partial charge in [-0.3, -0.25) is 4.79 Å². The van der Waals surface area contributed by atoms with Gasteiger partial charge in [-0.25, -0.2) is 4.39 Å². The van der Waals surface area contributed by atoms with Crippen molar-refractivity contribution in [3.63, 3.8) is 0 Å². The summed E-state index contributed by atoms with van der Waals surface area (Å²) in [5, 5.41) is 0.360. The third-order valence-corrected chi connectivity index (χ3v) is 2.67. The van der Waals surface area contributed by atoms with Gasteiger partial charge in [-0.2, -0.15) is 0 Å². The van der Waals surface area contributed by atoms with Crippen LogP contribution in [0.5, 0.6) is 0 Å². The molecule has 1 atom stereocenters. The first-order valence-electron chi connectivity index (χ1n) is 4.59. The Morgan fingerprint density at radius 1 is 1.53 bits per heavy atom. The third-order valence-electron chi connectivity index (χ3n) is 2.35. The Kier molecular flexibility index (Phi) is 2.63. The molecule has 0 aromatic heterocycles. The Labute approximate surface area is 91.6 Å². The van der Waals surface area contributed by atoms with Crippen molar-refractivity contribution in [2.24, 2.45) is 5.73 Å². The Hall–Kier alpha value is -1.13. The third kappa shape index (κ3) is 1.96. The molecule has 1 saturated heterocycles. The van der Waals surface area contributed by atoms with Gasteiger partial charge in [0, 0.05) is 19.0 Å². The predicted octanol–water partition coefficient (Wildman–Crippen LogP) is 1.54. The Morgan fingerprint density at radius 3 is 2.87 bits per heavy atom. The molecule has 1 amide bonds. The van der Waals surface area contributed by atoms with E-state index in [2.05, 4.69) is 0 Å². The number of hydrogen-bond donors (Lipinski definition) is 1. The summed E-state index contributed by atoms with van der Waals surface area (Å²) in [5.74, 6) is -0.530. The molecule has 0 radical (unpaired) electrons. The van der Waals surface area contributed by atoms with E-state index < -0.39 is 5.82 Å². The zero-order chi connectivity index (χ0) is 11.0. The number of nitrogens with zero attached hydrogens (tertiary/aromatic N) is 1. The number of benzene rings is 1. The molecule has 0 saturated carbocycles. The van der Waals surface area contributed by atoms with Gasteiger partial charge in [-0.1, -0.05) is 11.6 Å². The second-order valence-electron chi connectivity index (χ2n) is 3.56. The minimum atomic E-state index is -0.414. The average Bonchev–Trinajstić information content (AvgIpc) is 2.50. The summed E-state index contributed by atoms with van der Waals surface area (Å²) in [6, 6.07) is 3.74. The molecule has 1 aromatic carbocycles. The molecule has 80 valence electrons. The van der Waals surface area contributed by atoms with E-state index in [-0.39, 0.29) is 18.4 Å². The summed E-state index contributed by atoms with van der Waals surface area (Å²) in [6.07, 6.45) is 0.285. The SMILES string of the molecule is NC1CC(=O)N(c2cc(F)ccc2Cl)C1. The Morgan fingerprint density at radius 2 is 2.27 bits per heavy atom. The highest BCUT2D eigenvalue weighted by atomic mass is 35.5. The minimum Gasteiger partial charge on any atom is -0.326 e. The van der Waals surface area contributed by atoms with Crippen molar-refractivity contribution >= 4 is 23.2 Å². The largest absolute Gasteiger partial charge is 0.326 e. The Bertz CT molecular complexity index is 410. The standard InChI is InChI=1S/C10H10ClFN2O/c11-8-2-1-6(12)3-9(8)14-5-7(13)4-10(14)15/h1-3,7H,4-5,13H2. The van der Waals surface area contributed by atoms with Gasteiger partial charge in [-0.05, 0) is 18.2 Å². The van der Waals surface area contributed by atoms with Crippen LogP contribution in [0.1, 0.15) is 6.42 Å². The molecule has 15 heavy (non-hydrogen) atoms. The average molecular weight is 229 g/mol. The molecule has 5 heteroatoms. The van der Waals surface area contributed by atoms with Gasteiger partial charge in [-0.15, -0.1) is 0 Å². The first kappa shape index (κ1) is 10.4. The maximum atomic E-state index is 13.0. The van der Waals surface area contributed by atoms with E-state index in [9.17, 15) is 9.18 Å². The molecule has 1 unspecified atom stereocenters. The van der Waals surface area contributed by atoms with Crippen LogP contribution in [0.4, 0.5) is 10.1 Å². The van der Waals surface area contributed by atoms with E-state index in [1.807, 2.05) is 0 Å². The van der Waals surface area contributed by atoms with E-state index in [1.54, 1.807) is 0 Å². The van der Waals surface area contributed by atoms with Gasteiger partial charge >= 0.3 is 0 Å². The van der Waals surface area contributed by atoms with Crippen molar-refractivity contribution in [3.05, 3.63) is 29.0 Å². The van der Waals surface area contributed by atoms with Crippen LogP contribution in [0.2, 0.25) is 5.02 Å². The van der Waals surface area contributed by atoms with Crippen LogP contribution in [0.3, 0.4) is 0 Å². The molecule has 0 aliphatic carbocycles. The predicted molar refractivity (Wildman–Crippen MR) is 56.4 cm³/mol. The number of halogens is 2. The van der Waals surface area contributed by atoms with E-state index in [0.717, 1.165) is 0 Å². The van der Waals surface area contributed by atoms with Crippen molar-refractivity contribution < 1.29 is 9.18 Å². The number of carbonyl (C=O) groups excluding carboxylic acids is 1. The maximum Gasteiger partial charge on any atom is 0.228 e. The summed E-state index contributed by atoms with van der Waals surface area (Å²) in [6.45, 7) is 0.391. The number of amides is 1. The van der Waals surface area contributed by atoms with E-state index in [0.29, 0.717) is 17.3 Å². The van der Waals surface area contributed by atoms with E-state index in [4.69, 9.17) is 17.3 Å². The highest BCUT2D eigenvalue weighted by Gasteiger charge is 2.29. The fourth-order valence-corrected chi connectivity index (χ4v) is 1.88. The van der Waals surface area contributed by atoms with Gasteiger partial charge in [0.05, 0.1) is 10.7 Å². The molecule has 1 aliphatic rings. The summed E-state index contributed by atoms with van der Waals surface area (Å²) >= 11 is 5.89. The van der Waals surface area contributed by atoms with Gasteiger partial charge in [0.2, 0.25) is 5.91 Å². The zero-order valence-corrected chi connectivity index (χ0v) is 8.67. The van der Waals surface area contributed by atoms with Gasteiger partial charge < -0.3 is 10.6 Å². The topological polar surface area (TPSA) is 46.3 Å². The molecule has 2 rings (SSSR count). The lowest BCUT2D eigenvalue weighted by Gasteiger charge is -2.17. The Balaban J connectivity index is 2.37. The summed E-state index contributed by atoms with van der Waals surface area (Å²) in [4.78, 5) is 12.9. The zero-order valence-electron chi connectivity index (χ0n) is 7.91. The second-order valence-corrected chi connectivity index (χ2v) is 3.97. The fourth-order valence-electron chi connectivity index (χ4n) is 1.66. The minimum absolute atomic E-state index is 0.116. The maximum absolute atomic E-state index is 13.0. The van der Waals surface area contributed by atoms with Crippen molar-refractivity contribution in [2.75, 3.05) is 11.4 Å². The highest BCUT2D eigenvalue weighted by Crippen LogP contribution is 2.29. The molecular weight excluding hydrogens is 219 g/mol. The van der Waals surface area contributed by atoms with Crippen LogP contribution in [-0.4, -0.2) is 18.5 Å². The van der Waals surface area contributed by atoms with E-state index >= 15 is 0 Å². The van der Waals surface area contributed by atoms with Crippen molar-refractivity contribution in [3.8, 4) is 0 Å². The molecule has 1 heterocycles. The lowest BCUT2D eigenvalue weighted by atomic mass is 10.3. The normalized spacial score (nSPS) is 21.1. The van der Waals surface area contributed by atoms with Crippen LogP contribution in [0.15, 0.2) is 18.2 Å². The van der Waals surface area contributed by atoms with Crippen LogP contribution in [-0.2, 0) is 4.79 Å². The first-order chi connectivity index (χ1) is 7.08. The molecule has 3 nitrogen and oxygen atoms in total. The van der Waals surface area contributed by atoms with Crippen LogP contribution in [0, 0.1) is 5.82 Å². The molecule has 0 spiro atoms. The second kappa shape index (κ2) is 3.79. The number of nitrogens with two attached hydrogens (primary N) is 1. The number of anilines is 1. The lowest BCUT2D eigenvalue weighted by molar-refractivity contribution is -0.117. The molecule has 1 fully saturated rings. The van der Waals surface area contributed by atoms with Gasteiger partial charge in [0.25, 0.3) is 0 Å². The number of hydrogen-bond acceptors (Lipinski definition) is 2. The summed E-state index contributed by atoms with van der Waals surface area (Å²) < 4.78 is 13.0. The van der Waals surface area contributed by atoms with Crippen molar-refractivity contribution in [1.82, 2.24) is 0 Å². The fraction of sp³-hybridized carbons (Fsp3) is 0.300. The monoisotopic (exact) mass is 228 g/mol. The lowest BCUT2D eigenvalue weighted by Crippen LogP contribution is -2.28.